The molecule has 2 heteroatoms. The van der Waals surface area contributed by atoms with Gasteiger partial charge in [0.15, 0.2) is 34.1 Å². The van der Waals surface area contributed by atoms with Gasteiger partial charge in [0.1, 0.15) is 0 Å². The van der Waals surface area contributed by atoms with Crippen molar-refractivity contribution in [2.24, 2.45) is 0 Å². The smallest absolute Gasteiger partial charge is 0.0593 e. The zero-order valence-corrected chi connectivity index (χ0v) is 35.9. The highest BCUT2D eigenvalue weighted by Gasteiger charge is 2.29. The van der Waals surface area contributed by atoms with E-state index in [0.717, 1.165) is 45.3 Å². The van der Waals surface area contributed by atoms with Crippen molar-refractivity contribution >= 4 is 46.3 Å². The second-order valence-corrected chi connectivity index (χ2v) is 19.4. The summed E-state index contributed by atoms with van der Waals surface area (Å²) in [6.45, 7) is 27.2. The minimum Gasteiger partial charge on any atom is -0.0593 e. The SMILES string of the molecule is CC(C)(C)c1ccc([N+](c2ccc(/C=C/c3cccc([N+](c4ccc(C(C)(C)C)cc4)c4ccc(C(C)(C)C)cc4)c3)cc2)c2ccc(C(C)(C)C)cc2)cc1. The molecule has 6 rings (SSSR count). The van der Waals surface area contributed by atoms with Gasteiger partial charge in [0, 0.05) is 72.8 Å². The summed E-state index contributed by atoms with van der Waals surface area (Å²) in [6.07, 6.45) is 4.43. The summed E-state index contributed by atoms with van der Waals surface area (Å²) < 4.78 is 0. The van der Waals surface area contributed by atoms with E-state index in [2.05, 4.69) is 251 Å². The molecule has 286 valence electrons. The fourth-order valence-electron chi connectivity index (χ4n) is 7.03. The van der Waals surface area contributed by atoms with Crippen molar-refractivity contribution in [3.63, 3.8) is 0 Å². The highest BCUT2D eigenvalue weighted by Crippen LogP contribution is 2.39. The van der Waals surface area contributed by atoms with Crippen LogP contribution >= 0.6 is 0 Å². The zero-order chi connectivity index (χ0) is 40.5. The summed E-state index contributed by atoms with van der Waals surface area (Å²) >= 11 is 0. The lowest BCUT2D eigenvalue weighted by atomic mass is 9.86. The van der Waals surface area contributed by atoms with Gasteiger partial charge in [-0.15, -0.1) is 0 Å². The van der Waals surface area contributed by atoms with Crippen LogP contribution in [-0.4, -0.2) is 0 Å². The second kappa shape index (κ2) is 15.8. The van der Waals surface area contributed by atoms with Gasteiger partial charge in [-0.3, -0.25) is 0 Å². The molecule has 0 heterocycles. The Morgan fingerprint density at radius 3 is 0.857 bits per heavy atom. The second-order valence-electron chi connectivity index (χ2n) is 19.4. The van der Waals surface area contributed by atoms with Gasteiger partial charge in [-0.1, -0.05) is 166 Å². The molecule has 0 aromatic heterocycles. The van der Waals surface area contributed by atoms with Crippen LogP contribution in [0.5, 0.6) is 0 Å². The van der Waals surface area contributed by atoms with Crippen molar-refractivity contribution in [1.29, 1.82) is 0 Å². The average Bonchev–Trinajstić information content (AvgIpc) is 3.14. The Bertz CT molecular complexity index is 2110. The predicted molar refractivity (Wildman–Crippen MR) is 245 cm³/mol. The summed E-state index contributed by atoms with van der Waals surface area (Å²) in [5, 5.41) is 0. The minimum absolute atomic E-state index is 0.0916. The molecule has 0 bridgehead atoms. The van der Waals surface area contributed by atoms with Crippen LogP contribution in [0.15, 0.2) is 146 Å². The highest BCUT2D eigenvalue weighted by atomic mass is 15.1. The van der Waals surface area contributed by atoms with Crippen LogP contribution in [0.2, 0.25) is 0 Å². The maximum absolute atomic E-state index is 2.36. The Labute approximate surface area is 338 Å². The molecular weight excluding hydrogens is 677 g/mol. The van der Waals surface area contributed by atoms with E-state index in [1.807, 2.05) is 0 Å². The van der Waals surface area contributed by atoms with Gasteiger partial charge in [0.2, 0.25) is 0 Å². The highest BCUT2D eigenvalue weighted by molar-refractivity contribution is 5.75. The predicted octanol–water partition coefficient (Wildman–Crippen LogP) is 15.9. The largest absolute Gasteiger partial charge is 0.193 e. The third-order valence-electron chi connectivity index (χ3n) is 10.7. The van der Waals surface area contributed by atoms with Crippen LogP contribution in [0, 0.1) is 0 Å². The summed E-state index contributed by atoms with van der Waals surface area (Å²) in [5.74, 6) is 0. The van der Waals surface area contributed by atoms with Crippen LogP contribution in [0.3, 0.4) is 0 Å². The van der Waals surface area contributed by atoms with E-state index >= 15 is 0 Å². The van der Waals surface area contributed by atoms with E-state index in [1.165, 1.54) is 22.3 Å². The molecule has 0 atom stereocenters. The number of nitrogens with zero attached hydrogens (tertiary/aromatic N) is 2. The summed E-state index contributed by atoms with van der Waals surface area (Å²) in [5.41, 5.74) is 14.8. The molecule has 6 aromatic rings. The van der Waals surface area contributed by atoms with Gasteiger partial charge >= 0.3 is 0 Å². The lowest BCUT2D eigenvalue weighted by Crippen LogP contribution is -2.15. The van der Waals surface area contributed by atoms with Crippen molar-refractivity contribution in [1.82, 2.24) is 9.80 Å². The van der Waals surface area contributed by atoms with E-state index in [4.69, 9.17) is 0 Å². The Balaban J connectivity index is 1.31. The summed E-state index contributed by atoms with van der Waals surface area (Å²) in [7, 11) is 0. The molecule has 0 amide bonds. The third kappa shape index (κ3) is 9.67. The molecule has 0 unspecified atom stereocenters. The molecule has 0 N–H and O–H groups in total. The van der Waals surface area contributed by atoms with Crippen LogP contribution in [-0.2, 0) is 21.7 Å². The minimum atomic E-state index is 0.0916. The molecule has 0 spiro atoms. The Kier molecular flexibility index (Phi) is 11.5. The monoisotopic (exact) mass is 738 g/mol. The van der Waals surface area contributed by atoms with Crippen molar-refractivity contribution in [3.05, 3.63) is 179 Å². The quantitative estimate of drug-likeness (QED) is 0.109. The fourth-order valence-corrected chi connectivity index (χ4v) is 7.03. The van der Waals surface area contributed by atoms with Crippen molar-refractivity contribution in [2.75, 3.05) is 0 Å². The van der Waals surface area contributed by atoms with Gasteiger partial charge < -0.3 is 0 Å². The first-order chi connectivity index (χ1) is 26.3. The number of rotatable bonds is 8. The molecule has 0 aliphatic heterocycles. The van der Waals surface area contributed by atoms with E-state index in [-0.39, 0.29) is 21.7 Å². The van der Waals surface area contributed by atoms with Gasteiger partial charge in [0.25, 0.3) is 0 Å². The fraction of sp³-hybridized carbons (Fsp3) is 0.296. The number of anilines is 6. The molecule has 0 aliphatic carbocycles. The van der Waals surface area contributed by atoms with Gasteiger partial charge in [0.05, 0.1) is 0 Å². The number of benzene rings is 6. The van der Waals surface area contributed by atoms with E-state index in [1.54, 1.807) is 0 Å². The number of hydrogen-bond acceptors (Lipinski definition) is 2. The molecule has 6 aromatic carbocycles. The average molecular weight is 739 g/mol. The molecule has 2 radical (unpaired) electrons. The molecule has 0 aliphatic rings. The standard InChI is InChI=1S/C54H62N2/c1-51(2,3)41-20-30-46(31-21-41)55(47-32-22-42(23-33-47)52(4,5)6)45-28-18-39(19-29-45)16-17-40-14-13-15-50(38-40)56(48-34-24-43(25-35-48)53(7,8)9)49-36-26-44(27-37-49)54(10,11)12/h13-38H,1-12H3/q+2/b17-16+. The first kappa shape index (κ1) is 40.6. The number of hydrogen-bond donors (Lipinski definition) is 0. The molecule has 0 saturated heterocycles. The molecule has 0 fully saturated rings. The van der Waals surface area contributed by atoms with Gasteiger partial charge in [-0.2, -0.15) is 0 Å². The maximum atomic E-state index is 2.36. The van der Waals surface area contributed by atoms with Crippen molar-refractivity contribution < 1.29 is 0 Å². The van der Waals surface area contributed by atoms with Crippen molar-refractivity contribution in [2.45, 2.75) is 105 Å². The van der Waals surface area contributed by atoms with Crippen LogP contribution in [0.4, 0.5) is 34.1 Å². The Morgan fingerprint density at radius 1 is 0.286 bits per heavy atom. The maximum Gasteiger partial charge on any atom is 0.193 e. The summed E-state index contributed by atoms with van der Waals surface area (Å²) in [6, 6.07) is 53.9. The first-order valence-corrected chi connectivity index (χ1v) is 20.2. The van der Waals surface area contributed by atoms with E-state index < -0.39 is 0 Å². The zero-order valence-electron chi connectivity index (χ0n) is 35.9. The normalized spacial score (nSPS) is 12.9. The van der Waals surface area contributed by atoms with Crippen LogP contribution < -0.4 is 9.80 Å². The summed E-state index contributed by atoms with van der Waals surface area (Å²) in [4.78, 5) is 4.72. The lowest BCUT2D eigenvalue weighted by molar-refractivity contribution is 0.589. The molecule has 56 heavy (non-hydrogen) atoms. The van der Waals surface area contributed by atoms with Gasteiger partial charge in [-0.25, -0.2) is 0 Å². The van der Waals surface area contributed by atoms with E-state index in [0.29, 0.717) is 0 Å². The molecule has 0 saturated carbocycles. The van der Waals surface area contributed by atoms with Crippen LogP contribution in [0.25, 0.3) is 12.2 Å². The lowest BCUT2D eigenvalue weighted by Gasteiger charge is -2.20. The Morgan fingerprint density at radius 2 is 0.554 bits per heavy atom. The van der Waals surface area contributed by atoms with Crippen molar-refractivity contribution in [3.8, 4) is 0 Å². The molecular formula is C54H62N2+2. The van der Waals surface area contributed by atoms with Crippen LogP contribution in [0.1, 0.15) is 116 Å². The Hall–Kier alpha value is -5.02. The van der Waals surface area contributed by atoms with Gasteiger partial charge in [-0.05, 0) is 67.2 Å². The first-order valence-electron chi connectivity index (χ1n) is 20.2. The molecule has 2 nitrogen and oxygen atoms in total. The third-order valence-corrected chi connectivity index (χ3v) is 10.7. The van der Waals surface area contributed by atoms with E-state index in [9.17, 15) is 0 Å². The topological polar surface area (TPSA) is 11.8 Å².